The predicted molar refractivity (Wildman–Crippen MR) is 104 cm³/mol. The lowest BCUT2D eigenvalue weighted by Gasteiger charge is -2.09. The zero-order valence-corrected chi connectivity index (χ0v) is 16.3. The van der Waals surface area contributed by atoms with Gasteiger partial charge in [-0.25, -0.2) is 4.79 Å². The van der Waals surface area contributed by atoms with Crippen molar-refractivity contribution in [2.75, 3.05) is 17.2 Å². The summed E-state index contributed by atoms with van der Waals surface area (Å²) in [7, 11) is 0. The molecule has 0 heterocycles. The molecule has 0 spiro atoms. The van der Waals surface area contributed by atoms with E-state index in [9.17, 15) is 9.59 Å². The number of carbonyl (C=O) groups excluding carboxylic acids is 2. The fourth-order valence-electron chi connectivity index (χ4n) is 1.80. The summed E-state index contributed by atoms with van der Waals surface area (Å²) in [6.07, 6.45) is 0.139. The molecule has 0 saturated carbocycles. The molecule has 5 nitrogen and oxygen atoms in total. The van der Waals surface area contributed by atoms with Crippen LogP contribution in [0.1, 0.15) is 6.42 Å². The highest BCUT2D eigenvalue weighted by molar-refractivity contribution is 9.10. The number of urea groups is 1. The van der Waals surface area contributed by atoms with Gasteiger partial charge in [-0.2, -0.15) is 0 Å². The lowest BCUT2D eigenvalue weighted by atomic mass is 10.3. The van der Waals surface area contributed by atoms with Crippen molar-refractivity contribution in [3.63, 3.8) is 0 Å². The van der Waals surface area contributed by atoms with Crippen molar-refractivity contribution < 1.29 is 9.59 Å². The Bertz CT molecular complexity index is 739. The maximum atomic E-state index is 11.9. The minimum atomic E-state index is -0.369. The topological polar surface area (TPSA) is 70.2 Å². The quantitative estimate of drug-likeness (QED) is 0.569. The lowest BCUT2D eigenvalue weighted by Crippen LogP contribution is -2.31. The van der Waals surface area contributed by atoms with Crippen LogP contribution in [0.25, 0.3) is 0 Å². The first-order chi connectivity index (χ1) is 11.4. The Morgan fingerprint density at radius 1 is 0.958 bits per heavy atom. The van der Waals surface area contributed by atoms with Crippen LogP contribution in [0.2, 0.25) is 5.02 Å². The van der Waals surface area contributed by atoms with Crippen molar-refractivity contribution in [3.8, 4) is 0 Å². The summed E-state index contributed by atoms with van der Waals surface area (Å²) in [5, 5.41) is 8.44. The van der Waals surface area contributed by atoms with E-state index in [1.807, 2.05) is 12.1 Å². The summed E-state index contributed by atoms with van der Waals surface area (Å²) < 4.78 is 1.76. The van der Waals surface area contributed by atoms with Gasteiger partial charge in [-0.15, -0.1) is 0 Å². The van der Waals surface area contributed by atoms with E-state index in [-0.39, 0.29) is 24.9 Å². The van der Waals surface area contributed by atoms with Crippen molar-refractivity contribution >= 4 is 66.8 Å². The van der Waals surface area contributed by atoms with Gasteiger partial charge in [0, 0.05) is 27.6 Å². The summed E-state index contributed by atoms with van der Waals surface area (Å²) in [5.41, 5.74) is 1.20. The number of benzene rings is 2. The second-order valence-corrected chi connectivity index (χ2v) is 7.05. The van der Waals surface area contributed by atoms with Crippen molar-refractivity contribution in [2.45, 2.75) is 6.42 Å². The maximum Gasteiger partial charge on any atom is 0.319 e. The molecule has 0 aliphatic heterocycles. The summed E-state index contributed by atoms with van der Waals surface area (Å²) in [6.45, 7) is 0.211. The summed E-state index contributed by atoms with van der Waals surface area (Å²) in [6, 6.07) is 12.0. The van der Waals surface area contributed by atoms with Crippen LogP contribution in [0.4, 0.5) is 16.2 Å². The van der Waals surface area contributed by atoms with Crippen LogP contribution in [-0.2, 0) is 4.79 Å². The molecule has 0 radical (unpaired) electrons. The smallest absolute Gasteiger partial charge is 0.319 e. The number of nitrogens with one attached hydrogen (secondary N) is 3. The third kappa shape index (κ3) is 6.14. The molecule has 3 amide bonds. The minimum Gasteiger partial charge on any atom is -0.337 e. The third-order valence-electron chi connectivity index (χ3n) is 2.94. The highest BCUT2D eigenvalue weighted by Gasteiger charge is 2.07. The Kier molecular flexibility index (Phi) is 7.08. The van der Waals surface area contributed by atoms with E-state index in [0.717, 1.165) is 8.95 Å². The van der Waals surface area contributed by atoms with Crippen LogP contribution in [0.5, 0.6) is 0 Å². The van der Waals surface area contributed by atoms with E-state index >= 15 is 0 Å². The molecule has 0 aliphatic rings. The molecule has 0 aromatic heterocycles. The first-order valence-corrected chi connectivity index (χ1v) is 8.96. The van der Waals surface area contributed by atoms with Crippen LogP contribution in [-0.4, -0.2) is 18.5 Å². The number of rotatable bonds is 5. The van der Waals surface area contributed by atoms with Gasteiger partial charge in [0.1, 0.15) is 0 Å². The molecule has 2 aromatic rings. The third-order valence-corrected chi connectivity index (χ3v) is 4.28. The van der Waals surface area contributed by atoms with Gasteiger partial charge in [-0.3, -0.25) is 4.79 Å². The molecular weight excluding hydrogens is 461 g/mol. The number of anilines is 2. The monoisotopic (exact) mass is 473 g/mol. The zero-order valence-electron chi connectivity index (χ0n) is 12.4. The molecule has 3 N–H and O–H groups in total. The molecule has 0 fully saturated rings. The summed E-state index contributed by atoms with van der Waals surface area (Å²) in [4.78, 5) is 23.6. The van der Waals surface area contributed by atoms with E-state index in [0.29, 0.717) is 16.4 Å². The fourth-order valence-corrected chi connectivity index (χ4v) is 2.79. The van der Waals surface area contributed by atoms with Gasteiger partial charge in [0.05, 0.1) is 10.7 Å². The minimum absolute atomic E-state index is 0.139. The molecule has 0 atom stereocenters. The van der Waals surface area contributed by atoms with Crippen molar-refractivity contribution in [1.29, 1.82) is 0 Å². The maximum absolute atomic E-state index is 11.9. The van der Waals surface area contributed by atoms with E-state index in [4.69, 9.17) is 11.6 Å². The van der Waals surface area contributed by atoms with Crippen LogP contribution < -0.4 is 16.0 Å². The largest absolute Gasteiger partial charge is 0.337 e. The van der Waals surface area contributed by atoms with E-state index < -0.39 is 0 Å². The highest BCUT2D eigenvalue weighted by atomic mass is 79.9. The normalized spacial score (nSPS) is 10.1. The van der Waals surface area contributed by atoms with Crippen molar-refractivity contribution in [1.82, 2.24) is 5.32 Å². The second-order valence-electron chi connectivity index (χ2n) is 4.81. The fraction of sp³-hybridized carbons (Fsp3) is 0.125. The van der Waals surface area contributed by atoms with Crippen LogP contribution in [0.3, 0.4) is 0 Å². The number of amides is 3. The van der Waals surface area contributed by atoms with Crippen molar-refractivity contribution in [2.24, 2.45) is 0 Å². The molecule has 0 unspecified atom stereocenters. The number of hydrogen-bond donors (Lipinski definition) is 3. The van der Waals surface area contributed by atoms with Crippen molar-refractivity contribution in [3.05, 3.63) is 56.4 Å². The van der Waals surface area contributed by atoms with Gasteiger partial charge in [0.25, 0.3) is 0 Å². The summed E-state index contributed by atoms with van der Waals surface area (Å²) >= 11 is 12.6. The lowest BCUT2D eigenvalue weighted by molar-refractivity contribution is -0.116. The first kappa shape index (κ1) is 18.8. The van der Waals surface area contributed by atoms with Gasteiger partial charge in [-0.1, -0.05) is 43.5 Å². The summed E-state index contributed by atoms with van der Waals surface area (Å²) in [5.74, 6) is -0.233. The molecule has 0 saturated heterocycles. The van der Waals surface area contributed by atoms with E-state index in [1.54, 1.807) is 30.3 Å². The molecule has 2 rings (SSSR count). The Balaban J connectivity index is 1.73. The van der Waals surface area contributed by atoms with Gasteiger partial charge in [0.15, 0.2) is 0 Å². The second kappa shape index (κ2) is 9.05. The molecule has 0 bridgehead atoms. The van der Waals surface area contributed by atoms with Crippen LogP contribution >= 0.6 is 43.5 Å². The van der Waals surface area contributed by atoms with Crippen LogP contribution in [0.15, 0.2) is 51.4 Å². The molecule has 24 heavy (non-hydrogen) atoms. The number of hydrogen-bond acceptors (Lipinski definition) is 2. The van der Waals surface area contributed by atoms with E-state index in [1.165, 1.54) is 0 Å². The van der Waals surface area contributed by atoms with Gasteiger partial charge in [-0.05, 0) is 42.5 Å². The average Bonchev–Trinajstić information content (AvgIpc) is 2.52. The number of halogens is 3. The molecular formula is C16H14Br2ClN3O2. The van der Waals surface area contributed by atoms with Gasteiger partial charge < -0.3 is 16.0 Å². The molecule has 2 aromatic carbocycles. The Morgan fingerprint density at radius 2 is 1.62 bits per heavy atom. The van der Waals surface area contributed by atoms with Gasteiger partial charge >= 0.3 is 6.03 Å². The molecule has 8 heteroatoms. The first-order valence-electron chi connectivity index (χ1n) is 6.99. The standard InChI is InChI=1S/C16H14Br2ClN3O2/c17-10-1-4-12(5-2-10)21-16(24)20-8-7-15(23)22-14-6-3-11(18)9-13(14)19/h1-6,9H,7-8H2,(H,22,23)(H2,20,21,24). The SMILES string of the molecule is O=C(CCNC(=O)Nc1ccc(Br)cc1)Nc1ccc(Br)cc1Cl. The predicted octanol–water partition coefficient (Wildman–Crippen LogP) is 5.02. The molecule has 0 aliphatic carbocycles. The van der Waals surface area contributed by atoms with E-state index in [2.05, 4.69) is 47.8 Å². The Labute approximate surface area is 161 Å². The number of carbonyl (C=O) groups is 2. The van der Waals surface area contributed by atoms with Gasteiger partial charge in [0.2, 0.25) is 5.91 Å². The van der Waals surface area contributed by atoms with Crippen LogP contribution in [0, 0.1) is 0 Å². The Morgan fingerprint density at radius 3 is 2.29 bits per heavy atom. The Hall–Kier alpha value is -1.57. The molecule has 126 valence electrons. The zero-order chi connectivity index (χ0) is 17.5. The highest BCUT2D eigenvalue weighted by Crippen LogP contribution is 2.25. The average molecular weight is 476 g/mol.